The number of carbonyl (C=O) groups excluding carboxylic acids is 2. The highest BCUT2D eigenvalue weighted by Gasteiger charge is 2.42. The van der Waals surface area contributed by atoms with Gasteiger partial charge in [0.1, 0.15) is 5.78 Å². The first-order chi connectivity index (χ1) is 9.67. The molecule has 0 unspecified atom stereocenters. The number of carbonyl (C=O) groups is 2. The Morgan fingerprint density at radius 3 is 2.20 bits per heavy atom. The van der Waals surface area contributed by atoms with Crippen LogP contribution in [0.25, 0.3) is 0 Å². The number of benzene rings is 1. The number of Topliss-reactive ketones (excluding diaryl/α,β-unsaturated/α-hetero) is 1. The zero-order chi connectivity index (χ0) is 15.0. The first-order valence-electron chi connectivity index (χ1n) is 7.44. The molecule has 0 radical (unpaired) electrons. The number of amides is 1. The number of hydrogen-bond acceptors (Lipinski definition) is 2. The molecule has 0 spiro atoms. The lowest BCUT2D eigenvalue weighted by Crippen LogP contribution is -2.19. The molecule has 20 heavy (non-hydrogen) atoms. The number of ketones is 1. The van der Waals surface area contributed by atoms with Gasteiger partial charge in [0.15, 0.2) is 0 Å². The van der Waals surface area contributed by atoms with Crippen molar-refractivity contribution in [3.05, 3.63) is 35.9 Å². The molecule has 3 heteroatoms. The summed E-state index contributed by atoms with van der Waals surface area (Å²) in [6, 6.07) is 10.3. The summed E-state index contributed by atoms with van der Waals surface area (Å²) in [6.45, 7) is 7.50. The Labute approximate surface area is 122 Å². The Hall–Kier alpha value is -1.64. The van der Waals surface area contributed by atoms with Crippen molar-refractivity contribution < 1.29 is 9.59 Å². The van der Waals surface area contributed by atoms with Gasteiger partial charge >= 0.3 is 0 Å². The standard InChI is InChI=1S/C12H14O.C5H11NO/c1-2-12(13)11-8-10(11)9-6-4-3-5-7-9;1-3-6(4-2)5-7/h3-7,10-11H,2,8H2,1H3;5H,3-4H2,1-2H3/t10-,11-;/m0./s1. The van der Waals surface area contributed by atoms with E-state index in [-0.39, 0.29) is 0 Å². The van der Waals surface area contributed by atoms with Crippen LogP contribution in [-0.4, -0.2) is 30.2 Å². The molecule has 0 bridgehead atoms. The van der Waals surface area contributed by atoms with Gasteiger partial charge in [-0.25, -0.2) is 0 Å². The SMILES string of the molecule is CCC(=O)[C@H]1C[C@H]1c1ccccc1.CCN(C=O)CC. The molecule has 0 aromatic heterocycles. The van der Waals surface area contributed by atoms with Crippen LogP contribution in [0.2, 0.25) is 0 Å². The number of hydrogen-bond donors (Lipinski definition) is 0. The van der Waals surface area contributed by atoms with E-state index in [9.17, 15) is 9.59 Å². The first-order valence-corrected chi connectivity index (χ1v) is 7.44. The van der Waals surface area contributed by atoms with E-state index in [4.69, 9.17) is 0 Å². The minimum Gasteiger partial charge on any atom is -0.346 e. The minimum atomic E-state index is 0.326. The molecule has 2 rings (SSSR count). The van der Waals surface area contributed by atoms with Crippen molar-refractivity contribution in [3.8, 4) is 0 Å². The average molecular weight is 275 g/mol. The fraction of sp³-hybridized carbons (Fsp3) is 0.529. The highest BCUT2D eigenvalue weighted by molar-refractivity contribution is 5.84. The molecule has 0 heterocycles. The van der Waals surface area contributed by atoms with Crippen LogP contribution >= 0.6 is 0 Å². The summed E-state index contributed by atoms with van der Waals surface area (Å²) in [5.74, 6) is 1.27. The van der Waals surface area contributed by atoms with E-state index in [1.807, 2.05) is 39.0 Å². The fourth-order valence-electron chi connectivity index (χ4n) is 2.25. The third-order valence-electron chi connectivity index (χ3n) is 3.74. The Morgan fingerprint density at radius 1 is 1.20 bits per heavy atom. The molecular weight excluding hydrogens is 250 g/mol. The van der Waals surface area contributed by atoms with Gasteiger partial charge in [0.05, 0.1) is 0 Å². The first kappa shape index (κ1) is 16.4. The summed E-state index contributed by atoms with van der Waals surface area (Å²) in [6.07, 6.45) is 2.62. The van der Waals surface area contributed by atoms with Crippen LogP contribution in [0.15, 0.2) is 30.3 Å². The fourth-order valence-corrected chi connectivity index (χ4v) is 2.25. The van der Waals surface area contributed by atoms with Crippen LogP contribution in [0.1, 0.15) is 45.1 Å². The molecule has 0 N–H and O–H groups in total. The van der Waals surface area contributed by atoms with Crippen LogP contribution in [0.5, 0.6) is 0 Å². The van der Waals surface area contributed by atoms with Crippen molar-refractivity contribution in [1.82, 2.24) is 4.90 Å². The third kappa shape index (κ3) is 4.80. The van der Waals surface area contributed by atoms with Crippen LogP contribution in [0, 0.1) is 5.92 Å². The van der Waals surface area contributed by atoms with E-state index in [0.29, 0.717) is 24.0 Å². The highest BCUT2D eigenvalue weighted by Crippen LogP contribution is 2.48. The molecule has 0 saturated heterocycles. The lowest BCUT2D eigenvalue weighted by molar-refractivity contribution is -0.120. The molecule has 1 saturated carbocycles. The normalized spacial score (nSPS) is 19.6. The van der Waals surface area contributed by atoms with E-state index < -0.39 is 0 Å². The maximum absolute atomic E-state index is 11.4. The van der Waals surface area contributed by atoms with Crippen molar-refractivity contribution in [1.29, 1.82) is 0 Å². The summed E-state index contributed by atoms with van der Waals surface area (Å²) < 4.78 is 0. The van der Waals surface area contributed by atoms with Crippen LogP contribution < -0.4 is 0 Å². The largest absolute Gasteiger partial charge is 0.346 e. The predicted octanol–water partition coefficient (Wildman–Crippen LogP) is 3.25. The molecule has 1 aromatic rings. The second-order valence-corrected chi connectivity index (χ2v) is 5.01. The molecule has 2 atom stereocenters. The van der Waals surface area contributed by atoms with Crippen LogP contribution in [0.3, 0.4) is 0 Å². The van der Waals surface area contributed by atoms with Gasteiger partial charge in [0.25, 0.3) is 0 Å². The molecule has 1 fully saturated rings. The third-order valence-corrected chi connectivity index (χ3v) is 3.74. The summed E-state index contributed by atoms with van der Waals surface area (Å²) in [5, 5.41) is 0. The summed E-state index contributed by atoms with van der Waals surface area (Å²) in [4.78, 5) is 22.9. The maximum atomic E-state index is 11.4. The van der Waals surface area contributed by atoms with E-state index in [0.717, 1.165) is 25.9 Å². The van der Waals surface area contributed by atoms with Crippen molar-refractivity contribution in [2.45, 2.75) is 39.5 Å². The van der Waals surface area contributed by atoms with Gasteiger partial charge in [-0.2, -0.15) is 0 Å². The zero-order valence-corrected chi connectivity index (χ0v) is 12.7. The molecule has 110 valence electrons. The molecule has 1 aliphatic carbocycles. The smallest absolute Gasteiger partial charge is 0.209 e. The van der Waals surface area contributed by atoms with Gasteiger partial charge in [-0.3, -0.25) is 9.59 Å². The Morgan fingerprint density at radius 2 is 1.80 bits per heavy atom. The van der Waals surface area contributed by atoms with E-state index in [2.05, 4.69) is 12.1 Å². The molecule has 1 aliphatic rings. The Bertz CT molecular complexity index is 412. The summed E-state index contributed by atoms with van der Waals surface area (Å²) >= 11 is 0. The van der Waals surface area contributed by atoms with Gasteiger partial charge in [0, 0.05) is 25.4 Å². The van der Waals surface area contributed by atoms with Gasteiger partial charge in [0.2, 0.25) is 6.41 Å². The highest BCUT2D eigenvalue weighted by atomic mass is 16.1. The minimum absolute atomic E-state index is 0.326. The molecule has 3 nitrogen and oxygen atoms in total. The van der Waals surface area contributed by atoms with Crippen LogP contribution in [0.4, 0.5) is 0 Å². The molecule has 1 aromatic carbocycles. The average Bonchev–Trinajstić information content (AvgIpc) is 3.30. The van der Waals surface area contributed by atoms with Crippen molar-refractivity contribution in [2.24, 2.45) is 5.92 Å². The van der Waals surface area contributed by atoms with Crippen molar-refractivity contribution >= 4 is 12.2 Å². The summed E-state index contributed by atoms with van der Waals surface area (Å²) in [7, 11) is 0. The monoisotopic (exact) mass is 275 g/mol. The van der Waals surface area contributed by atoms with Gasteiger partial charge in [-0.05, 0) is 31.7 Å². The molecule has 0 aliphatic heterocycles. The second kappa shape index (κ2) is 8.51. The summed E-state index contributed by atoms with van der Waals surface area (Å²) in [5.41, 5.74) is 1.33. The quantitative estimate of drug-likeness (QED) is 0.747. The second-order valence-electron chi connectivity index (χ2n) is 5.01. The van der Waals surface area contributed by atoms with Crippen molar-refractivity contribution in [2.75, 3.05) is 13.1 Å². The maximum Gasteiger partial charge on any atom is 0.209 e. The Balaban J connectivity index is 0.000000246. The Kier molecular flexibility index (Phi) is 6.99. The zero-order valence-electron chi connectivity index (χ0n) is 12.7. The van der Waals surface area contributed by atoms with Crippen LogP contribution in [-0.2, 0) is 9.59 Å². The molecular formula is C17H25NO2. The van der Waals surface area contributed by atoms with E-state index in [1.54, 1.807) is 4.90 Å². The van der Waals surface area contributed by atoms with Gasteiger partial charge in [-0.1, -0.05) is 37.3 Å². The topological polar surface area (TPSA) is 37.4 Å². The van der Waals surface area contributed by atoms with Gasteiger partial charge in [-0.15, -0.1) is 0 Å². The van der Waals surface area contributed by atoms with Crippen molar-refractivity contribution in [3.63, 3.8) is 0 Å². The lowest BCUT2D eigenvalue weighted by atomic mass is 10.1. The lowest BCUT2D eigenvalue weighted by Gasteiger charge is -2.08. The predicted molar refractivity (Wildman–Crippen MR) is 81.6 cm³/mol. The number of rotatable bonds is 6. The van der Waals surface area contributed by atoms with E-state index >= 15 is 0 Å². The van der Waals surface area contributed by atoms with E-state index in [1.165, 1.54) is 5.56 Å². The van der Waals surface area contributed by atoms with Gasteiger partial charge < -0.3 is 4.90 Å². The number of nitrogens with zero attached hydrogens (tertiary/aromatic N) is 1. The molecule has 1 amide bonds.